The second kappa shape index (κ2) is 11.9. The van der Waals surface area contributed by atoms with Crippen LogP contribution in [0.15, 0.2) is 47.6 Å². The van der Waals surface area contributed by atoms with Crippen molar-refractivity contribution in [2.45, 2.75) is 57.2 Å². The molecule has 1 amide bonds. The van der Waals surface area contributed by atoms with E-state index in [0.717, 1.165) is 31.2 Å². The Morgan fingerprint density at radius 3 is 2.79 bits per heavy atom. The topological polar surface area (TPSA) is 94.2 Å². The van der Waals surface area contributed by atoms with Gasteiger partial charge < -0.3 is 15.4 Å². The van der Waals surface area contributed by atoms with Gasteiger partial charge in [0.1, 0.15) is 12.6 Å². The van der Waals surface area contributed by atoms with Crippen molar-refractivity contribution in [3.63, 3.8) is 0 Å². The summed E-state index contributed by atoms with van der Waals surface area (Å²) >= 11 is 0. The average molecular weight is 387 g/mol. The van der Waals surface area contributed by atoms with Crippen molar-refractivity contribution in [3.8, 4) is 0 Å². The number of rotatable bonds is 8. The Kier molecular flexibility index (Phi) is 9.21. The van der Waals surface area contributed by atoms with E-state index in [-0.39, 0.29) is 12.6 Å². The van der Waals surface area contributed by atoms with Crippen LogP contribution in [0.5, 0.6) is 0 Å². The van der Waals surface area contributed by atoms with Crippen molar-refractivity contribution in [1.82, 2.24) is 4.90 Å². The van der Waals surface area contributed by atoms with Crippen LogP contribution in [0.4, 0.5) is 4.79 Å². The van der Waals surface area contributed by atoms with E-state index in [9.17, 15) is 9.59 Å². The SMILES string of the molecule is C=NOC(=O)N1CCCCC[C@@H]1C/C=C\CC(N)C(=O)OCc1ccccc1. The molecular formula is C21H29N3O4. The normalized spacial score (nSPS) is 18.3. The van der Waals surface area contributed by atoms with Gasteiger partial charge in [-0.25, -0.2) is 4.79 Å². The van der Waals surface area contributed by atoms with Crippen molar-refractivity contribution in [1.29, 1.82) is 0 Å². The summed E-state index contributed by atoms with van der Waals surface area (Å²) in [6.07, 6.45) is 8.44. The monoisotopic (exact) mass is 387 g/mol. The van der Waals surface area contributed by atoms with Gasteiger partial charge in [0.25, 0.3) is 0 Å². The van der Waals surface area contributed by atoms with Crippen LogP contribution in [0.3, 0.4) is 0 Å². The van der Waals surface area contributed by atoms with Gasteiger partial charge in [-0.15, -0.1) is 0 Å². The first-order valence-electron chi connectivity index (χ1n) is 9.66. The molecule has 0 saturated carbocycles. The van der Waals surface area contributed by atoms with E-state index >= 15 is 0 Å². The van der Waals surface area contributed by atoms with Gasteiger partial charge in [-0.2, -0.15) is 0 Å². The highest BCUT2D eigenvalue weighted by Crippen LogP contribution is 2.20. The third-order valence-electron chi connectivity index (χ3n) is 4.75. The Bertz CT molecular complexity index is 663. The molecule has 152 valence electrons. The largest absolute Gasteiger partial charge is 0.460 e. The second-order valence-electron chi connectivity index (χ2n) is 6.83. The van der Waals surface area contributed by atoms with E-state index in [4.69, 9.17) is 15.3 Å². The number of oxime groups is 1. The van der Waals surface area contributed by atoms with Crippen molar-refractivity contribution in [2.24, 2.45) is 10.9 Å². The third kappa shape index (κ3) is 7.15. The molecule has 2 atom stereocenters. The molecule has 1 aromatic rings. The molecular weight excluding hydrogens is 358 g/mol. The standard InChI is InChI=1S/C21H29N3O4/c1-23-28-21(26)24-15-9-3-6-12-18(24)13-7-8-14-19(22)20(25)27-16-17-10-4-2-5-11-17/h2,4-5,7-8,10-11,18-19H,1,3,6,9,12-16,22H2/b8-7-/t18-,19?/m1/s1. The van der Waals surface area contributed by atoms with Crippen molar-refractivity contribution in [3.05, 3.63) is 48.0 Å². The number of hydrogen-bond acceptors (Lipinski definition) is 6. The fourth-order valence-electron chi connectivity index (χ4n) is 3.20. The highest BCUT2D eigenvalue weighted by molar-refractivity contribution is 5.75. The number of ether oxygens (including phenoxy) is 1. The van der Waals surface area contributed by atoms with E-state index < -0.39 is 18.1 Å². The van der Waals surface area contributed by atoms with Crippen molar-refractivity contribution in [2.75, 3.05) is 6.54 Å². The fraction of sp³-hybridized carbons (Fsp3) is 0.476. The number of amides is 1. The van der Waals surface area contributed by atoms with Crippen molar-refractivity contribution >= 4 is 18.8 Å². The number of carbonyl (C=O) groups excluding carboxylic acids is 2. The fourth-order valence-corrected chi connectivity index (χ4v) is 3.20. The molecule has 0 aromatic heterocycles. The van der Waals surface area contributed by atoms with Crippen LogP contribution in [0.1, 0.15) is 44.1 Å². The summed E-state index contributed by atoms with van der Waals surface area (Å²) in [4.78, 5) is 30.5. The molecule has 1 heterocycles. The van der Waals surface area contributed by atoms with Crippen LogP contribution in [-0.4, -0.2) is 42.3 Å². The molecule has 1 aromatic carbocycles. The molecule has 0 bridgehead atoms. The van der Waals surface area contributed by atoms with Gasteiger partial charge in [0, 0.05) is 19.3 Å². The molecule has 7 nitrogen and oxygen atoms in total. The quantitative estimate of drug-likeness (QED) is 0.243. The number of carbonyl (C=O) groups is 2. The smallest absolute Gasteiger partial charge is 0.436 e. The summed E-state index contributed by atoms with van der Waals surface area (Å²) in [6.45, 7) is 4.07. The van der Waals surface area contributed by atoms with E-state index in [1.165, 1.54) is 0 Å². The van der Waals surface area contributed by atoms with Crippen LogP contribution < -0.4 is 5.73 Å². The maximum atomic E-state index is 12.0. The van der Waals surface area contributed by atoms with Crippen LogP contribution in [0.25, 0.3) is 0 Å². The lowest BCUT2D eigenvalue weighted by Crippen LogP contribution is -2.39. The number of nitrogens with two attached hydrogens (primary N) is 1. The summed E-state index contributed by atoms with van der Waals surface area (Å²) in [7, 11) is 0. The molecule has 1 aliphatic heterocycles. The van der Waals surface area contributed by atoms with Crippen molar-refractivity contribution < 1.29 is 19.2 Å². The van der Waals surface area contributed by atoms with Crippen LogP contribution >= 0.6 is 0 Å². The number of likely N-dealkylation sites (tertiary alicyclic amines) is 1. The highest BCUT2D eigenvalue weighted by Gasteiger charge is 2.26. The second-order valence-corrected chi connectivity index (χ2v) is 6.83. The summed E-state index contributed by atoms with van der Waals surface area (Å²) in [6, 6.07) is 8.82. The molecule has 7 heteroatoms. The lowest BCUT2D eigenvalue weighted by molar-refractivity contribution is -0.146. The van der Waals surface area contributed by atoms with Gasteiger partial charge in [-0.3, -0.25) is 9.63 Å². The van der Waals surface area contributed by atoms with Gasteiger partial charge in [-0.05, 0) is 31.2 Å². The van der Waals surface area contributed by atoms with E-state index in [0.29, 0.717) is 19.4 Å². The van der Waals surface area contributed by atoms with E-state index in [1.54, 1.807) is 4.90 Å². The summed E-state index contributed by atoms with van der Waals surface area (Å²) in [5, 5.41) is 3.23. The zero-order valence-electron chi connectivity index (χ0n) is 16.2. The predicted molar refractivity (Wildman–Crippen MR) is 108 cm³/mol. The number of nitrogens with zero attached hydrogens (tertiary/aromatic N) is 2. The van der Waals surface area contributed by atoms with E-state index in [2.05, 4.69) is 11.9 Å². The number of hydrogen-bond donors (Lipinski definition) is 1. The molecule has 1 fully saturated rings. The molecule has 0 radical (unpaired) electrons. The summed E-state index contributed by atoms with van der Waals surface area (Å²) < 4.78 is 5.25. The highest BCUT2D eigenvalue weighted by atomic mass is 16.7. The third-order valence-corrected chi connectivity index (χ3v) is 4.75. The molecule has 1 unspecified atom stereocenters. The molecule has 1 aliphatic rings. The Morgan fingerprint density at radius 2 is 2.04 bits per heavy atom. The molecule has 0 spiro atoms. The Labute approximate surface area is 166 Å². The maximum Gasteiger partial charge on any atom is 0.436 e. The lowest BCUT2D eigenvalue weighted by atomic mass is 10.1. The Morgan fingerprint density at radius 1 is 1.25 bits per heavy atom. The van der Waals surface area contributed by atoms with Gasteiger partial charge in [0.2, 0.25) is 0 Å². The van der Waals surface area contributed by atoms with Crippen LogP contribution in [0, 0.1) is 0 Å². The first kappa shape index (κ1) is 21.6. The zero-order valence-corrected chi connectivity index (χ0v) is 16.2. The minimum absolute atomic E-state index is 0.0502. The minimum Gasteiger partial charge on any atom is -0.460 e. The van der Waals surface area contributed by atoms with Crippen LogP contribution in [-0.2, 0) is 21.0 Å². The Hall–Kier alpha value is -2.67. The lowest BCUT2D eigenvalue weighted by Gasteiger charge is -2.27. The van der Waals surface area contributed by atoms with Crippen LogP contribution in [0.2, 0.25) is 0 Å². The Balaban J connectivity index is 1.77. The number of esters is 1. The molecule has 2 rings (SSSR count). The first-order chi connectivity index (χ1) is 13.6. The van der Waals surface area contributed by atoms with Gasteiger partial charge in [0.15, 0.2) is 0 Å². The average Bonchev–Trinajstić information content (AvgIpc) is 2.95. The van der Waals surface area contributed by atoms with E-state index in [1.807, 2.05) is 42.5 Å². The summed E-state index contributed by atoms with van der Waals surface area (Å²) in [5.74, 6) is -0.426. The molecule has 2 N–H and O–H groups in total. The first-order valence-corrected chi connectivity index (χ1v) is 9.66. The zero-order chi connectivity index (χ0) is 20.2. The van der Waals surface area contributed by atoms with Gasteiger partial charge in [-0.1, -0.05) is 60.5 Å². The van der Waals surface area contributed by atoms with Gasteiger partial charge >= 0.3 is 12.1 Å². The maximum absolute atomic E-state index is 12.0. The number of benzene rings is 1. The molecule has 28 heavy (non-hydrogen) atoms. The van der Waals surface area contributed by atoms with Gasteiger partial charge in [0.05, 0.1) is 0 Å². The predicted octanol–water partition coefficient (Wildman–Crippen LogP) is 3.39. The molecule has 1 saturated heterocycles. The minimum atomic E-state index is -0.708. The summed E-state index contributed by atoms with van der Waals surface area (Å²) in [5.41, 5.74) is 6.84. The molecule has 0 aliphatic carbocycles.